The van der Waals surface area contributed by atoms with E-state index < -0.39 is 0 Å². The van der Waals surface area contributed by atoms with Crippen LogP contribution in [0.25, 0.3) is 5.69 Å². The van der Waals surface area contributed by atoms with Gasteiger partial charge in [-0.05, 0) is 51.0 Å². The van der Waals surface area contributed by atoms with Gasteiger partial charge in [-0.15, -0.1) is 0 Å². The highest BCUT2D eigenvalue weighted by Crippen LogP contribution is 2.08. The standard InChI is InChI=1S/C17H25N5/c1-17(2,3)21-16(18-4)19-12-10-14-6-8-15(9-7-14)22-13-5-11-20-22/h5-9,11,13H,10,12H2,1-4H3,(H2,18,19,21). The third-order valence-electron chi connectivity index (χ3n) is 3.13. The molecule has 22 heavy (non-hydrogen) atoms. The van der Waals surface area contributed by atoms with E-state index in [0.29, 0.717) is 0 Å². The maximum Gasteiger partial charge on any atom is 0.191 e. The molecule has 0 radical (unpaired) electrons. The molecule has 1 aromatic carbocycles. The molecule has 0 saturated heterocycles. The number of benzene rings is 1. The van der Waals surface area contributed by atoms with Crippen molar-refractivity contribution in [1.29, 1.82) is 0 Å². The van der Waals surface area contributed by atoms with Crippen molar-refractivity contribution in [3.8, 4) is 5.69 Å². The zero-order chi connectivity index (χ0) is 16.0. The van der Waals surface area contributed by atoms with E-state index >= 15 is 0 Å². The van der Waals surface area contributed by atoms with Gasteiger partial charge in [0.1, 0.15) is 0 Å². The first-order valence-electron chi connectivity index (χ1n) is 7.56. The molecule has 0 saturated carbocycles. The molecule has 118 valence electrons. The largest absolute Gasteiger partial charge is 0.356 e. The van der Waals surface area contributed by atoms with E-state index in [1.54, 1.807) is 13.2 Å². The monoisotopic (exact) mass is 299 g/mol. The maximum absolute atomic E-state index is 4.24. The van der Waals surface area contributed by atoms with Crippen molar-refractivity contribution in [2.45, 2.75) is 32.7 Å². The molecule has 0 bridgehead atoms. The van der Waals surface area contributed by atoms with Crippen LogP contribution in [-0.4, -0.2) is 34.9 Å². The van der Waals surface area contributed by atoms with Crippen LogP contribution in [0.15, 0.2) is 47.7 Å². The molecule has 0 aliphatic heterocycles. The Hall–Kier alpha value is -2.30. The van der Waals surface area contributed by atoms with Crippen molar-refractivity contribution in [2.24, 2.45) is 4.99 Å². The molecule has 5 heteroatoms. The van der Waals surface area contributed by atoms with E-state index in [1.807, 2.05) is 16.9 Å². The van der Waals surface area contributed by atoms with Crippen LogP contribution in [0, 0.1) is 0 Å². The van der Waals surface area contributed by atoms with Crippen molar-refractivity contribution in [3.05, 3.63) is 48.3 Å². The van der Waals surface area contributed by atoms with E-state index in [2.05, 4.69) is 65.8 Å². The zero-order valence-corrected chi connectivity index (χ0v) is 13.8. The Morgan fingerprint density at radius 2 is 1.95 bits per heavy atom. The van der Waals surface area contributed by atoms with E-state index in [9.17, 15) is 0 Å². The molecule has 0 atom stereocenters. The molecule has 0 spiro atoms. The van der Waals surface area contributed by atoms with E-state index in [1.165, 1.54) is 5.56 Å². The lowest BCUT2D eigenvalue weighted by molar-refractivity contribution is 0.501. The second kappa shape index (κ2) is 7.11. The molecule has 2 aromatic rings. The van der Waals surface area contributed by atoms with Gasteiger partial charge in [0.2, 0.25) is 0 Å². The Labute approximate surface area is 132 Å². The number of hydrogen-bond donors (Lipinski definition) is 2. The van der Waals surface area contributed by atoms with Crippen molar-refractivity contribution >= 4 is 5.96 Å². The van der Waals surface area contributed by atoms with Crippen LogP contribution in [0.4, 0.5) is 0 Å². The van der Waals surface area contributed by atoms with Gasteiger partial charge in [-0.2, -0.15) is 5.10 Å². The molecule has 2 N–H and O–H groups in total. The normalized spacial score (nSPS) is 12.3. The van der Waals surface area contributed by atoms with E-state index in [-0.39, 0.29) is 5.54 Å². The highest BCUT2D eigenvalue weighted by molar-refractivity contribution is 5.80. The maximum atomic E-state index is 4.24. The third-order valence-corrected chi connectivity index (χ3v) is 3.13. The number of aliphatic imine (C=N–C) groups is 1. The fourth-order valence-electron chi connectivity index (χ4n) is 2.10. The lowest BCUT2D eigenvalue weighted by Crippen LogP contribution is -2.48. The minimum Gasteiger partial charge on any atom is -0.356 e. The van der Waals surface area contributed by atoms with Gasteiger partial charge in [-0.1, -0.05) is 12.1 Å². The van der Waals surface area contributed by atoms with E-state index in [4.69, 9.17) is 0 Å². The first kappa shape index (κ1) is 16.1. The summed E-state index contributed by atoms with van der Waals surface area (Å²) in [5.74, 6) is 0.834. The molecule has 0 aliphatic rings. The quantitative estimate of drug-likeness (QED) is 0.673. The Balaban J connectivity index is 1.84. The number of nitrogens with one attached hydrogen (secondary N) is 2. The van der Waals surface area contributed by atoms with Crippen molar-refractivity contribution in [2.75, 3.05) is 13.6 Å². The summed E-state index contributed by atoms with van der Waals surface area (Å²) in [6, 6.07) is 10.4. The number of rotatable bonds is 4. The van der Waals surface area contributed by atoms with Crippen LogP contribution >= 0.6 is 0 Å². The summed E-state index contributed by atoms with van der Waals surface area (Å²) in [5, 5.41) is 10.9. The minimum atomic E-state index is 0.00720. The molecular weight excluding hydrogens is 274 g/mol. The molecule has 1 aromatic heterocycles. The summed E-state index contributed by atoms with van der Waals surface area (Å²) in [7, 11) is 1.79. The topological polar surface area (TPSA) is 54.2 Å². The van der Waals surface area contributed by atoms with E-state index in [0.717, 1.165) is 24.6 Å². The second-order valence-corrected chi connectivity index (χ2v) is 6.24. The highest BCUT2D eigenvalue weighted by atomic mass is 15.3. The first-order chi connectivity index (χ1) is 10.5. The predicted molar refractivity (Wildman–Crippen MR) is 91.5 cm³/mol. The molecule has 0 fully saturated rings. The van der Waals surface area contributed by atoms with Crippen LogP contribution in [0.3, 0.4) is 0 Å². The number of aromatic nitrogens is 2. The van der Waals surface area contributed by atoms with Crippen LogP contribution in [0.1, 0.15) is 26.3 Å². The van der Waals surface area contributed by atoms with Crippen molar-refractivity contribution in [3.63, 3.8) is 0 Å². The Morgan fingerprint density at radius 3 is 2.50 bits per heavy atom. The van der Waals surface area contributed by atoms with Gasteiger partial charge in [-0.25, -0.2) is 4.68 Å². The van der Waals surface area contributed by atoms with Crippen LogP contribution in [-0.2, 0) is 6.42 Å². The summed E-state index contributed by atoms with van der Waals surface area (Å²) in [4.78, 5) is 4.24. The number of nitrogens with zero attached hydrogens (tertiary/aromatic N) is 3. The average molecular weight is 299 g/mol. The Morgan fingerprint density at radius 1 is 1.23 bits per heavy atom. The fraction of sp³-hybridized carbons (Fsp3) is 0.412. The van der Waals surface area contributed by atoms with Crippen molar-refractivity contribution in [1.82, 2.24) is 20.4 Å². The summed E-state index contributed by atoms with van der Waals surface area (Å²) in [6.07, 6.45) is 4.68. The predicted octanol–water partition coefficient (Wildman–Crippen LogP) is 2.38. The van der Waals surface area contributed by atoms with Gasteiger partial charge in [0.15, 0.2) is 5.96 Å². The smallest absolute Gasteiger partial charge is 0.191 e. The second-order valence-electron chi connectivity index (χ2n) is 6.24. The SMILES string of the molecule is CN=C(NCCc1ccc(-n2cccn2)cc1)NC(C)(C)C. The van der Waals surface area contributed by atoms with Gasteiger partial charge in [0.25, 0.3) is 0 Å². The first-order valence-corrected chi connectivity index (χ1v) is 7.56. The molecule has 5 nitrogen and oxygen atoms in total. The molecule has 0 unspecified atom stereocenters. The Bertz CT molecular complexity index is 591. The van der Waals surface area contributed by atoms with Gasteiger partial charge >= 0.3 is 0 Å². The number of hydrogen-bond acceptors (Lipinski definition) is 2. The molecule has 1 heterocycles. The fourth-order valence-corrected chi connectivity index (χ4v) is 2.10. The average Bonchev–Trinajstić information content (AvgIpc) is 3.00. The van der Waals surface area contributed by atoms with Crippen LogP contribution < -0.4 is 10.6 Å². The molecule has 0 aliphatic carbocycles. The van der Waals surface area contributed by atoms with Gasteiger partial charge in [0.05, 0.1) is 5.69 Å². The Kier molecular flexibility index (Phi) is 5.20. The number of guanidine groups is 1. The summed E-state index contributed by atoms with van der Waals surface area (Å²) >= 11 is 0. The molecular formula is C17H25N5. The third kappa shape index (κ3) is 4.91. The van der Waals surface area contributed by atoms with Gasteiger partial charge < -0.3 is 10.6 Å². The summed E-state index contributed by atoms with van der Waals surface area (Å²) in [6.45, 7) is 7.20. The zero-order valence-electron chi connectivity index (χ0n) is 13.8. The minimum absolute atomic E-state index is 0.00720. The highest BCUT2D eigenvalue weighted by Gasteiger charge is 2.11. The van der Waals surface area contributed by atoms with Gasteiger partial charge in [0, 0.05) is 31.5 Å². The summed E-state index contributed by atoms with van der Waals surface area (Å²) in [5.41, 5.74) is 2.37. The van der Waals surface area contributed by atoms with Crippen LogP contribution in [0.5, 0.6) is 0 Å². The lowest BCUT2D eigenvalue weighted by Gasteiger charge is -2.23. The molecule has 0 amide bonds. The van der Waals surface area contributed by atoms with Gasteiger partial charge in [-0.3, -0.25) is 4.99 Å². The van der Waals surface area contributed by atoms with Crippen LogP contribution in [0.2, 0.25) is 0 Å². The molecule has 2 rings (SSSR count). The van der Waals surface area contributed by atoms with Crippen molar-refractivity contribution < 1.29 is 0 Å². The lowest BCUT2D eigenvalue weighted by atomic mass is 10.1. The summed E-state index contributed by atoms with van der Waals surface area (Å²) < 4.78 is 1.86.